The van der Waals surface area contributed by atoms with Crippen molar-refractivity contribution in [3.05, 3.63) is 33.9 Å². The topological polar surface area (TPSA) is 58.4 Å². The highest BCUT2D eigenvalue weighted by Gasteiger charge is 2.14. The third kappa shape index (κ3) is 2.14. The van der Waals surface area contributed by atoms with E-state index in [1.165, 1.54) is 0 Å². The summed E-state index contributed by atoms with van der Waals surface area (Å²) in [4.78, 5) is 12.5. The van der Waals surface area contributed by atoms with E-state index in [2.05, 4.69) is 10.2 Å². The summed E-state index contributed by atoms with van der Waals surface area (Å²) in [6.45, 7) is 5.77. The number of benzene rings is 1. The van der Waals surface area contributed by atoms with Gasteiger partial charge in [0.25, 0.3) is 5.69 Å². The van der Waals surface area contributed by atoms with Crippen LogP contribution in [0.5, 0.6) is 0 Å². The quantitative estimate of drug-likeness (QED) is 0.604. The highest BCUT2D eigenvalue weighted by Crippen LogP contribution is 2.24. The van der Waals surface area contributed by atoms with Crippen molar-refractivity contribution in [2.45, 2.75) is 6.92 Å². The molecule has 1 aromatic rings. The van der Waals surface area contributed by atoms with Crippen LogP contribution in [0.1, 0.15) is 5.56 Å². The first kappa shape index (κ1) is 10.9. The molecule has 86 valence electrons. The number of hydrogen-bond donors (Lipinski definition) is 1. The number of non-ortho nitro benzene ring substituents is 1. The summed E-state index contributed by atoms with van der Waals surface area (Å²) in [5.41, 5.74) is 2.24. The summed E-state index contributed by atoms with van der Waals surface area (Å²) < 4.78 is 0. The van der Waals surface area contributed by atoms with E-state index in [-0.39, 0.29) is 10.6 Å². The fourth-order valence-electron chi connectivity index (χ4n) is 2.01. The van der Waals surface area contributed by atoms with Gasteiger partial charge in [0.2, 0.25) is 0 Å². The zero-order chi connectivity index (χ0) is 11.5. The lowest BCUT2D eigenvalue weighted by Crippen LogP contribution is -2.43. The summed E-state index contributed by atoms with van der Waals surface area (Å²) in [6.07, 6.45) is 0. The number of rotatable bonds is 2. The van der Waals surface area contributed by atoms with Gasteiger partial charge in [0.1, 0.15) is 0 Å². The minimum absolute atomic E-state index is 0.163. The molecule has 0 atom stereocenters. The summed E-state index contributed by atoms with van der Waals surface area (Å²) in [5.74, 6) is 0. The van der Waals surface area contributed by atoms with Gasteiger partial charge in [-0.2, -0.15) is 0 Å². The largest absolute Gasteiger partial charge is 0.369 e. The second-order valence-corrected chi connectivity index (χ2v) is 3.96. The second kappa shape index (κ2) is 4.49. The smallest absolute Gasteiger partial charge is 0.269 e. The first-order valence-electron chi connectivity index (χ1n) is 5.39. The molecule has 2 rings (SSSR count). The number of piperazine rings is 1. The molecule has 0 bridgehead atoms. The first-order valence-corrected chi connectivity index (χ1v) is 5.39. The molecule has 1 aliphatic heterocycles. The SMILES string of the molecule is Cc1cc([N+](=O)[O-])ccc1N1CCNCC1. The Balaban J connectivity index is 2.24. The standard InChI is InChI=1S/C11H15N3O2/c1-9-8-10(14(15)16)2-3-11(9)13-6-4-12-5-7-13/h2-3,8,12H,4-7H2,1H3. The summed E-state index contributed by atoms with van der Waals surface area (Å²) in [5, 5.41) is 13.9. The molecule has 5 heteroatoms. The van der Waals surface area contributed by atoms with E-state index in [4.69, 9.17) is 0 Å². The van der Waals surface area contributed by atoms with Crippen LogP contribution in [0.15, 0.2) is 18.2 Å². The Kier molecular flexibility index (Phi) is 3.05. The van der Waals surface area contributed by atoms with Crippen LogP contribution < -0.4 is 10.2 Å². The molecular weight excluding hydrogens is 206 g/mol. The summed E-state index contributed by atoms with van der Waals surface area (Å²) in [7, 11) is 0. The van der Waals surface area contributed by atoms with Crippen molar-refractivity contribution < 1.29 is 4.92 Å². The highest BCUT2D eigenvalue weighted by molar-refractivity contribution is 5.57. The van der Waals surface area contributed by atoms with Gasteiger partial charge in [-0.3, -0.25) is 10.1 Å². The molecule has 1 saturated heterocycles. The van der Waals surface area contributed by atoms with Crippen LogP contribution in [0, 0.1) is 17.0 Å². The van der Waals surface area contributed by atoms with Crippen LogP contribution in [0.25, 0.3) is 0 Å². The molecule has 0 unspecified atom stereocenters. The molecule has 0 amide bonds. The maximum atomic E-state index is 10.6. The Morgan fingerprint density at radius 2 is 2.06 bits per heavy atom. The third-order valence-corrected chi connectivity index (χ3v) is 2.85. The fraction of sp³-hybridized carbons (Fsp3) is 0.455. The minimum atomic E-state index is -0.353. The summed E-state index contributed by atoms with van der Waals surface area (Å²) in [6, 6.07) is 5.06. The van der Waals surface area contributed by atoms with Crippen LogP contribution in [0.4, 0.5) is 11.4 Å². The predicted octanol–water partition coefficient (Wildman–Crippen LogP) is 1.31. The van der Waals surface area contributed by atoms with Gasteiger partial charge >= 0.3 is 0 Å². The van der Waals surface area contributed by atoms with Crippen LogP contribution in [-0.4, -0.2) is 31.1 Å². The molecule has 1 aliphatic rings. The Labute approximate surface area is 94.2 Å². The zero-order valence-corrected chi connectivity index (χ0v) is 9.27. The van der Waals surface area contributed by atoms with Crippen molar-refractivity contribution in [2.24, 2.45) is 0 Å². The number of nitro benzene ring substituents is 1. The Bertz CT molecular complexity index is 400. The van der Waals surface area contributed by atoms with Crippen molar-refractivity contribution in [2.75, 3.05) is 31.1 Å². The molecule has 1 N–H and O–H groups in total. The predicted molar refractivity (Wildman–Crippen MR) is 62.9 cm³/mol. The van der Waals surface area contributed by atoms with Crippen molar-refractivity contribution in [3.63, 3.8) is 0 Å². The van der Waals surface area contributed by atoms with E-state index in [1.807, 2.05) is 13.0 Å². The van der Waals surface area contributed by atoms with Gasteiger partial charge in [0.15, 0.2) is 0 Å². The van der Waals surface area contributed by atoms with Gasteiger partial charge in [-0.25, -0.2) is 0 Å². The molecule has 0 radical (unpaired) electrons. The van der Waals surface area contributed by atoms with E-state index >= 15 is 0 Å². The van der Waals surface area contributed by atoms with E-state index in [9.17, 15) is 10.1 Å². The number of nitro groups is 1. The Morgan fingerprint density at radius 1 is 1.38 bits per heavy atom. The van der Waals surface area contributed by atoms with E-state index in [0.717, 1.165) is 37.4 Å². The number of aryl methyl sites for hydroxylation is 1. The van der Waals surface area contributed by atoms with Gasteiger partial charge in [0.05, 0.1) is 4.92 Å². The van der Waals surface area contributed by atoms with E-state index in [0.29, 0.717) is 0 Å². The molecule has 1 fully saturated rings. The minimum Gasteiger partial charge on any atom is -0.369 e. The second-order valence-electron chi connectivity index (χ2n) is 3.96. The molecular formula is C11H15N3O2. The molecule has 0 spiro atoms. The average Bonchev–Trinajstić information content (AvgIpc) is 2.30. The molecule has 0 aromatic heterocycles. The van der Waals surface area contributed by atoms with Crippen molar-refractivity contribution in [1.29, 1.82) is 0 Å². The average molecular weight is 221 g/mol. The van der Waals surface area contributed by atoms with Gasteiger partial charge in [-0.15, -0.1) is 0 Å². The number of nitrogens with zero attached hydrogens (tertiary/aromatic N) is 2. The van der Waals surface area contributed by atoms with Crippen LogP contribution in [0.3, 0.4) is 0 Å². The molecule has 16 heavy (non-hydrogen) atoms. The third-order valence-electron chi connectivity index (χ3n) is 2.85. The van der Waals surface area contributed by atoms with E-state index < -0.39 is 0 Å². The van der Waals surface area contributed by atoms with Crippen molar-refractivity contribution in [3.8, 4) is 0 Å². The maximum Gasteiger partial charge on any atom is 0.269 e. The van der Waals surface area contributed by atoms with Crippen molar-refractivity contribution in [1.82, 2.24) is 5.32 Å². The lowest BCUT2D eigenvalue weighted by molar-refractivity contribution is -0.384. The Hall–Kier alpha value is -1.62. The van der Waals surface area contributed by atoms with Crippen LogP contribution in [-0.2, 0) is 0 Å². The van der Waals surface area contributed by atoms with Gasteiger partial charge in [0, 0.05) is 44.0 Å². The first-order chi connectivity index (χ1) is 7.68. The molecule has 0 aliphatic carbocycles. The molecule has 1 heterocycles. The molecule has 1 aromatic carbocycles. The van der Waals surface area contributed by atoms with Gasteiger partial charge < -0.3 is 10.2 Å². The monoisotopic (exact) mass is 221 g/mol. The lowest BCUT2D eigenvalue weighted by Gasteiger charge is -2.30. The van der Waals surface area contributed by atoms with Gasteiger partial charge in [-0.05, 0) is 18.6 Å². The number of nitrogens with one attached hydrogen (secondary N) is 1. The highest BCUT2D eigenvalue weighted by atomic mass is 16.6. The van der Waals surface area contributed by atoms with Crippen LogP contribution in [0.2, 0.25) is 0 Å². The molecule has 5 nitrogen and oxygen atoms in total. The van der Waals surface area contributed by atoms with E-state index in [1.54, 1.807) is 12.1 Å². The fourth-order valence-corrected chi connectivity index (χ4v) is 2.01. The van der Waals surface area contributed by atoms with Crippen molar-refractivity contribution >= 4 is 11.4 Å². The number of anilines is 1. The van der Waals surface area contributed by atoms with Gasteiger partial charge in [-0.1, -0.05) is 0 Å². The molecule has 0 saturated carbocycles. The van der Waals surface area contributed by atoms with Crippen LogP contribution >= 0.6 is 0 Å². The summed E-state index contributed by atoms with van der Waals surface area (Å²) >= 11 is 0. The zero-order valence-electron chi connectivity index (χ0n) is 9.27. The lowest BCUT2D eigenvalue weighted by atomic mass is 10.1. The maximum absolute atomic E-state index is 10.6. The normalized spacial score (nSPS) is 16.2. The number of hydrogen-bond acceptors (Lipinski definition) is 4. The Morgan fingerprint density at radius 3 is 2.62 bits per heavy atom.